The summed E-state index contributed by atoms with van der Waals surface area (Å²) in [5, 5.41) is 7.75. The van der Waals surface area contributed by atoms with Gasteiger partial charge >= 0.3 is 0 Å². The molecule has 15 heavy (non-hydrogen) atoms. The molecule has 0 radical (unpaired) electrons. The Labute approximate surface area is 87.7 Å². The van der Waals surface area contributed by atoms with E-state index < -0.39 is 0 Å². The van der Waals surface area contributed by atoms with Crippen molar-refractivity contribution < 1.29 is 0 Å². The molecule has 3 heterocycles. The fourth-order valence-corrected chi connectivity index (χ4v) is 1.82. The van der Waals surface area contributed by atoms with E-state index in [1.54, 1.807) is 0 Å². The van der Waals surface area contributed by atoms with Gasteiger partial charge in [-0.15, -0.1) is 5.10 Å². The highest BCUT2D eigenvalue weighted by molar-refractivity contribution is 5.44. The summed E-state index contributed by atoms with van der Waals surface area (Å²) in [5.41, 5.74) is 0.908. The summed E-state index contributed by atoms with van der Waals surface area (Å²) in [6.45, 7) is 3.98. The molecule has 1 saturated heterocycles. The fourth-order valence-electron chi connectivity index (χ4n) is 1.82. The number of nitrogens with one attached hydrogen (secondary N) is 1. The fraction of sp³-hybridized carbons (Fsp3) is 0.400. The number of hydrogen-bond donors (Lipinski definition) is 1. The van der Waals surface area contributed by atoms with Crippen molar-refractivity contribution in [3.8, 4) is 0 Å². The minimum atomic E-state index is 0.836. The molecule has 5 nitrogen and oxygen atoms in total. The Balaban J connectivity index is 1.96. The average molecular weight is 203 g/mol. The zero-order valence-corrected chi connectivity index (χ0v) is 8.43. The average Bonchev–Trinajstić information content (AvgIpc) is 2.74. The van der Waals surface area contributed by atoms with Gasteiger partial charge in [0.15, 0.2) is 5.65 Å². The SMILES string of the molecule is c1ccn2nc(N3CCNCC3)nc2c1. The molecular weight excluding hydrogens is 190 g/mol. The van der Waals surface area contributed by atoms with Crippen LogP contribution >= 0.6 is 0 Å². The molecule has 0 atom stereocenters. The summed E-state index contributed by atoms with van der Waals surface area (Å²) >= 11 is 0. The molecule has 0 unspecified atom stereocenters. The summed E-state index contributed by atoms with van der Waals surface area (Å²) in [7, 11) is 0. The van der Waals surface area contributed by atoms with Crippen LogP contribution < -0.4 is 10.2 Å². The van der Waals surface area contributed by atoms with Crippen molar-refractivity contribution >= 4 is 11.6 Å². The first-order chi connectivity index (χ1) is 7.43. The molecule has 0 amide bonds. The van der Waals surface area contributed by atoms with Crippen LogP contribution in [0.25, 0.3) is 5.65 Å². The first-order valence-corrected chi connectivity index (χ1v) is 5.20. The highest BCUT2D eigenvalue weighted by Gasteiger charge is 2.14. The Morgan fingerprint density at radius 3 is 2.87 bits per heavy atom. The van der Waals surface area contributed by atoms with Crippen molar-refractivity contribution in [3.05, 3.63) is 24.4 Å². The zero-order chi connectivity index (χ0) is 10.1. The predicted octanol–water partition coefficient (Wildman–Crippen LogP) is 0.139. The van der Waals surface area contributed by atoms with Gasteiger partial charge in [-0.05, 0) is 12.1 Å². The van der Waals surface area contributed by atoms with Crippen molar-refractivity contribution in [1.82, 2.24) is 19.9 Å². The van der Waals surface area contributed by atoms with E-state index in [1.165, 1.54) is 0 Å². The van der Waals surface area contributed by atoms with Gasteiger partial charge in [0.2, 0.25) is 5.95 Å². The second-order valence-electron chi connectivity index (χ2n) is 3.65. The third-order valence-corrected chi connectivity index (χ3v) is 2.63. The first-order valence-electron chi connectivity index (χ1n) is 5.20. The lowest BCUT2D eigenvalue weighted by molar-refractivity contribution is 0.580. The van der Waals surface area contributed by atoms with Crippen molar-refractivity contribution in [3.63, 3.8) is 0 Å². The molecule has 2 aromatic rings. The monoisotopic (exact) mass is 203 g/mol. The normalized spacial score (nSPS) is 17.2. The largest absolute Gasteiger partial charge is 0.337 e. The molecule has 5 heteroatoms. The van der Waals surface area contributed by atoms with E-state index in [1.807, 2.05) is 28.9 Å². The number of nitrogens with zero attached hydrogens (tertiary/aromatic N) is 4. The molecule has 0 saturated carbocycles. The van der Waals surface area contributed by atoms with Crippen LogP contribution in [0.4, 0.5) is 5.95 Å². The van der Waals surface area contributed by atoms with Gasteiger partial charge < -0.3 is 10.2 Å². The lowest BCUT2D eigenvalue weighted by atomic mass is 10.4. The van der Waals surface area contributed by atoms with Gasteiger partial charge in [-0.3, -0.25) is 0 Å². The molecule has 0 spiro atoms. The maximum absolute atomic E-state index is 4.49. The van der Waals surface area contributed by atoms with E-state index in [0.717, 1.165) is 37.8 Å². The van der Waals surface area contributed by atoms with Crippen LogP contribution in [0.5, 0.6) is 0 Å². The third kappa shape index (κ3) is 1.55. The highest BCUT2D eigenvalue weighted by atomic mass is 15.4. The summed E-state index contributed by atoms with van der Waals surface area (Å²) in [4.78, 5) is 6.70. The molecule has 1 fully saturated rings. The summed E-state index contributed by atoms with van der Waals surface area (Å²) < 4.78 is 1.82. The zero-order valence-electron chi connectivity index (χ0n) is 8.43. The highest BCUT2D eigenvalue weighted by Crippen LogP contribution is 2.10. The van der Waals surface area contributed by atoms with Crippen LogP contribution in [0.3, 0.4) is 0 Å². The van der Waals surface area contributed by atoms with Gasteiger partial charge in [-0.25, -0.2) is 4.52 Å². The van der Waals surface area contributed by atoms with Crippen LogP contribution in [-0.4, -0.2) is 40.8 Å². The number of pyridine rings is 1. The van der Waals surface area contributed by atoms with E-state index in [-0.39, 0.29) is 0 Å². The Morgan fingerprint density at radius 2 is 2.07 bits per heavy atom. The van der Waals surface area contributed by atoms with Gasteiger partial charge in [-0.2, -0.15) is 4.98 Å². The van der Waals surface area contributed by atoms with Gasteiger partial charge in [0.25, 0.3) is 0 Å². The smallest absolute Gasteiger partial charge is 0.245 e. The van der Waals surface area contributed by atoms with Crippen LogP contribution in [0.1, 0.15) is 0 Å². The molecule has 2 aromatic heterocycles. The third-order valence-electron chi connectivity index (χ3n) is 2.63. The molecular formula is C10H13N5. The number of aromatic nitrogens is 3. The Kier molecular flexibility index (Phi) is 2.03. The Bertz CT molecular complexity index is 425. The molecule has 0 aliphatic carbocycles. The lowest BCUT2D eigenvalue weighted by Crippen LogP contribution is -2.44. The summed E-state index contributed by atoms with van der Waals surface area (Å²) in [6.07, 6.45) is 1.92. The Hall–Kier alpha value is -1.62. The minimum Gasteiger partial charge on any atom is -0.337 e. The van der Waals surface area contributed by atoms with Crippen LogP contribution in [0, 0.1) is 0 Å². The van der Waals surface area contributed by atoms with Crippen molar-refractivity contribution in [2.75, 3.05) is 31.1 Å². The second kappa shape index (κ2) is 3.51. The maximum Gasteiger partial charge on any atom is 0.245 e. The van der Waals surface area contributed by atoms with Gasteiger partial charge in [-0.1, -0.05) is 6.07 Å². The molecule has 78 valence electrons. The number of hydrogen-bond acceptors (Lipinski definition) is 4. The van der Waals surface area contributed by atoms with Crippen LogP contribution in [0.15, 0.2) is 24.4 Å². The van der Waals surface area contributed by atoms with Crippen molar-refractivity contribution in [1.29, 1.82) is 0 Å². The van der Waals surface area contributed by atoms with Crippen molar-refractivity contribution in [2.45, 2.75) is 0 Å². The van der Waals surface area contributed by atoms with Crippen molar-refractivity contribution in [2.24, 2.45) is 0 Å². The summed E-state index contributed by atoms with van der Waals surface area (Å²) in [6, 6.07) is 5.91. The number of anilines is 1. The molecule has 3 rings (SSSR count). The van der Waals surface area contributed by atoms with E-state index >= 15 is 0 Å². The van der Waals surface area contributed by atoms with Crippen LogP contribution in [-0.2, 0) is 0 Å². The number of fused-ring (bicyclic) bond motifs is 1. The lowest BCUT2D eigenvalue weighted by Gasteiger charge is -2.25. The minimum absolute atomic E-state index is 0.836. The van der Waals surface area contributed by atoms with Gasteiger partial charge in [0, 0.05) is 32.4 Å². The standard InChI is InChI=1S/C10H13N5/c1-2-6-15-9(3-1)12-10(13-15)14-7-4-11-5-8-14/h1-3,6,11H,4-5,7-8H2. The molecule has 1 N–H and O–H groups in total. The predicted molar refractivity (Wildman–Crippen MR) is 58.1 cm³/mol. The molecule has 1 aliphatic heterocycles. The van der Waals surface area contributed by atoms with E-state index in [4.69, 9.17) is 0 Å². The molecule has 1 aliphatic rings. The van der Waals surface area contributed by atoms with Gasteiger partial charge in [0.1, 0.15) is 0 Å². The van der Waals surface area contributed by atoms with E-state index in [2.05, 4.69) is 20.3 Å². The van der Waals surface area contributed by atoms with Gasteiger partial charge in [0.05, 0.1) is 0 Å². The van der Waals surface area contributed by atoms with E-state index in [9.17, 15) is 0 Å². The number of rotatable bonds is 1. The van der Waals surface area contributed by atoms with E-state index in [0.29, 0.717) is 0 Å². The van der Waals surface area contributed by atoms with Crippen LogP contribution in [0.2, 0.25) is 0 Å². The first kappa shape index (κ1) is 8.67. The second-order valence-corrected chi connectivity index (χ2v) is 3.65. The topological polar surface area (TPSA) is 45.5 Å². The summed E-state index contributed by atoms with van der Waals surface area (Å²) in [5.74, 6) is 0.836. The number of piperazine rings is 1. The molecule has 0 bridgehead atoms. The Morgan fingerprint density at radius 1 is 1.20 bits per heavy atom. The quantitative estimate of drug-likeness (QED) is 0.716. The molecule has 0 aromatic carbocycles. The maximum atomic E-state index is 4.49.